The summed E-state index contributed by atoms with van der Waals surface area (Å²) in [7, 11) is 0. The van der Waals surface area contributed by atoms with Crippen LogP contribution in [-0.2, 0) is 16.0 Å². The zero-order valence-corrected chi connectivity index (χ0v) is 10.7. The zero-order valence-electron chi connectivity index (χ0n) is 9.91. The normalized spacial score (nSPS) is 18.9. The van der Waals surface area contributed by atoms with E-state index in [-0.39, 0.29) is 5.91 Å². The van der Waals surface area contributed by atoms with Crippen LogP contribution < -0.4 is 0 Å². The summed E-state index contributed by atoms with van der Waals surface area (Å²) in [5, 5.41) is 9.01. The Hall–Kier alpha value is -1.49. The first-order chi connectivity index (χ1) is 8.68. The molecule has 18 heavy (non-hydrogen) atoms. The van der Waals surface area contributed by atoms with Crippen molar-refractivity contribution in [2.24, 2.45) is 0 Å². The van der Waals surface area contributed by atoms with Gasteiger partial charge in [-0.1, -0.05) is 30.3 Å². The number of carboxylic acids is 1. The maximum absolute atomic E-state index is 12.0. The molecule has 0 bridgehead atoms. The van der Waals surface area contributed by atoms with Crippen molar-refractivity contribution >= 4 is 23.6 Å². The van der Waals surface area contributed by atoms with Crippen molar-refractivity contribution in [3.8, 4) is 0 Å². The summed E-state index contributed by atoms with van der Waals surface area (Å²) in [5.41, 5.74) is 1.10. The highest BCUT2D eigenvalue weighted by molar-refractivity contribution is 7.99. The van der Waals surface area contributed by atoms with E-state index in [4.69, 9.17) is 5.11 Å². The molecule has 1 aromatic rings. The molecule has 0 aromatic heterocycles. The molecule has 1 saturated heterocycles. The second-order valence-electron chi connectivity index (χ2n) is 4.20. The molecule has 4 nitrogen and oxygen atoms in total. The van der Waals surface area contributed by atoms with Gasteiger partial charge < -0.3 is 10.0 Å². The number of hydrogen-bond acceptors (Lipinski definition) is 3. The lowest BCUT2D eigenvalue weighted by Gasteiger charge is -2.20. The number of thioether (sulfide) groups is 1. The fraction of sp³-hybridized carbons (Fsp3) is 0.385. The van der Waals surface area contributed by atoms with Gasteiger partial charge in [0.25, 0.3) is 0 Å². The topological polar surface area (TPSA) is 57.6 Å². The lowest BCUT2D eigenvalue weighted by atomic mass is 10.1. The van der Waals surface area contributed by atoms with Crippen LogP contribution in [0.4, 0.5) is 0 Å². The van der Waals surface area contributed by atoms with Crippen molar-refractivity contribution in [1.29, 1.82) is 0 Å². The molecule has 0 saturated carbocycles. The number of carbonyl (C=O) groups excluding carboxylic acids is 1. The summed E-state index contributed by atoms with van der Waals surface area (Å²) in [6.45, 7) is 0. The Bertz CT molecular complexity index is 435. The molecule has 0 radical (unpaired) electrons. The predicted octanol–water partition coefficient (Wildman–Crippen LogP) is 1.61. The molecule has 0 aliphatic carbocycles. The van der Waals surface area contributed by atoms with Gasteiger partial charge in [0, 0.05) is 12.2 Å². The molecule has 1 atom stereocenters. The van der Waals surface area contributed by atoms with Crippen LogP contribution in [-0.4, -0.2) is 39.6 Å². The minimum absolute atomic E-state index is 0.0729. The summed E-state index contributed by atoms with van der Waals surface area (Å²) in [6.07, 6.45) is 1.03. The first kappa shape index (κ1) is 13.0. The molecule has 2 rings (SSSR count). The number of aryl methyl sites for hydroxylation is 1. The third kappa shape index (κ3) is 3.04. The van der Waals surface area contributed by atoms with Gasteiger partial charge in [0.05, 0.1) is 5.88 Å². The van der Waals surface area contributed by atoms with Crippen molar-refractivity contribution in [3.63, 3.8) is 0 Å². The van der Waals surface area contributed by atoms with Gasteiger partial charge in [-0.25, -0.2) is 4.79 Å². The van der Waals surface area contributed by atoms with E-state index >= 15 is 0 Å². The highest BCUT2D eigenvalue weighted by Crippen LogP contribution is 2.22. The molecule has 1 aliphatic rings. The van der Waals surface area contributed by atoms with Crippen LogP contribution in [0.5, 0.6) is 0 Å². The average molecular weight is 265 g/mol. The van der Waals surface area contributed by atoms with Crippen LogP contribution >= 0.6 is 11.8 Å². The smallest absolute Gasteiger partial charge is 0.327 e. The number of carboxylic acid groups (broad SMARTS) is 1. The highest BCUT2D eigenvalue weighted by Gasteiger charge is 2.33. The van der Waals surface area contributed by atoms with E-state index in [0.29, 0.717) is 24.5 Å². The van der Waals surface area contributed by atoms with Crippen molar-refractivity contribution in [2.45, 2.75) is 18.9 Å². The van der Waals surface area contributed by atoms with Crippen LogP contribution in [0.1, 0.15) is 12.0 Å². The number of amides is 1. The van der Waals surface area contributed by atoms with Gasteiger partial charge in [-0.15, -0.1) is 11.8 Å². The van der Waals surface area contributed by atoms with Crippen LogP contribution in [0.15, 0.2) is 30.3 Å². The fourth-order valence-corrected chi connectivity index (χ4v) is 3.10. The van der Waals surface area contributed by atoms with Gasteiger partial charge in [-0.05, 0) is 12.0 Å². The molecule has 1 aliphatic heterocycles. The van der Waals surface area contributed by atoms with Gasteiger partial charge in [0.1, 0.15) is 6.04 Å². The quantitative estimate of drug-likeness (QED) is 0.898. The van der Waals surface area contributed by atoms with Crippen molar-refractivity contribution < 1.29 is 14.7 Å². The van der Waals surface area contributed by atoms with Crippen molar-refractivity contribution in [3.05, 3.63) is 35.9 Å². The Balaban J connectivity index is 1.90. The van der Waals surface area contributed by atoms with Crippen LogP contribution in [0, 0.1) is 0 Å². The number of carbonyl (C=O) groups is 2. The first-order valence-corrected chi connectivity index (χ1v) is 6.98. The van der Waals surface area contributed by atoms with Gasteiger partial charge in [0.2, 0.25) is 5.91 Å². The lowest BCUT2D eigenvalue weighted by Crippen LogP contribution is -2.41. The number of nitrogens with zero attached hydrogens (tertiary/aromatic N) is 1. The molecular formula is C13H15NO3S. The largest absolute Gasteiger partial charge is 0.480 e. The SMILES string of the molecule is O=C(O)[C@H]1CSCN1C(=O)CCc1ccccc1. The Morgan fingerprint density at radius 1 is 1.33 bits per heavy atom. The van der Waals surface area contributed by atoms with Crippen molar-refractivity contribution in [2.75, 3.05) is 11.6 Å². The van der Waals surface area contributed by atoms with E-state index in [9.17, 15) is 9.59 Å². The summed E-state index contributed by atoms with van der Waals surface area (Å²) >= 11 is 1.49. The lowest BCUT2D eigenvalue weighted by molar-refractivity contribution is -0.147. The highest BCUT2D eigenvalue weighted by atomic mass is 32.2. The average Bonchev–Trinajstić information content (AvgIpc) is 2.86. The minimum atomic E-state index is -0.909. The van der Waals surface area contributed by atoms with E-state index in [0.717, 1.165) is 5.56 Å². The summed E-state index contributed by atoms with van der Waals surface area (Å²) in [6, 6.07) is 9.10. The molecule has 1 N–H and O–H groups in total. The van der Waals surface area contributed by atoms with E-state index in [1.54, 1.807) is 0 Å². The molecule has 0 unspecified atom stereocenters. The summed E-state index contributed by atoms with van der Waals surface area (Å²) in [5.74, 6) is 0.00102. The predicted molar refractivity (Wildman–Crippen MR) is 70.4 cm³/mol. The van der Waals surface area contributed by atoms with Gasteiger partial charge >= 0.3 is 5.97 Å². The Labute approximate surface area is 110 Å². The van der Waals surface area contributed by atoms with E-state index in [1.165, 1.54) is 16.7 Å². The number of benzene rings is 1. The molecule has 1 fully saturated rings. The summed E-state index contributed by atoms with van der Waals surface area (Å²) in [4.78, 5) is 24.4. The van der Waals surface area contributed by atoms with Gasteiger partial charge in [0.15, 0.2) is 0 Å². The number of aliphatic carboxylic acids is 1. The maximum Gasteiger partial charge on any atom is 0.327 e. The van der Waals surface area contributed by atoms with E-state index in [1.807, 2.05) is 30.3 Å². The van der Waals surface area contributed by atoms with Crippen LogP contribution in [0.25, 0.3) is 0 Å². The Morgan fingerprint density at radius 2 is 2.06 bits per heavy atom. The third-order valence-electron chi connectivity index (χ3n) is 2.96. The zero-order chi connectivity index (χ0) is 13.0. The van der Waals surface area contributed by atoms with Crippen LogP contribution in [0.2, 0.25) is 0 Å². The summed E-state index contributed by atoms with van der Waals surface area (Å²) < 4.78 is 0. The molecule has 1 aromatic carbocycles. The monoisotopic (exact) mass is 265 g/mol. The maximum atomic E-state index is 12.0. The Morgan fingerprint density at radius 3 is 2.72 bits per heavy atom. The fourth-order valence-electron chi connectivity index (χ4n) is 1.93. The first-order valence-electron chi connectivity index (χ1n) is 5.82. The standard InChI is InChI=1S/C13H15NO3S/c15-12(7-6-10-4-2-1-3-5-10)14-9-18-8-11(14)13(16)17/h1-5,11H,6-9H2,(H,16,17)/t11-/m1/s1. The molecule has 1 amide bonds. The molecule has 1 heterocycles. The molecular weight excluding hydrogens is 250 g/mol. The van der Waals surface area contributed by atoms with Gasteiger partial charge in [-0.2, -0.15) is 0 Å². The van der Waals surface area contributed by atoms with E-state index < -0.39 is 12.0 Å². The van der Waals surface area contributed by atoms with Crippen LogP contribution in [0.3, 0.4) is 0 Å². The second-order valence-corrected chi connectivity index (χ2v) is 5.20. The number of hydrogen-bond donors (Lipinski definition) is 1. The Kier molecular flexibility index (Phi) is 4.25. The van der Waals surface area contributed by atoms with E-state index in [2.05, 4.69) is 0 Å². The second kappa shape index (κ2) is 5.91. The van der Waals surface area contributed by atoms with Crippen molar-refractivity contribution in [1.82, 2.24) is 4.90 Å². The molecule has 5 heteroatoms. The third-order valence-corrected chi connectivity index (χ3v) is 3.97. The molecule has 96 valence electrons. The molecule has 0 spiro atoms. The number of rotatable bonds is 4. The van der Waals surface area contributed by atoms with Gasteiger partial charge in [-0.3, -0.25) is 4.79 Å². The minimum Gasteiger partial charge on any atom is -0.480 e.